The van der Waals surface area contributed by atoms with Crippen LogP contribution < -0.4 is 18.9 Å². The largest absolute Gasteiger partial charge is 0.491 e. The maximum Gasteiger partial charge on any atom is 0.146 e. The van der Waals surface area contributed by atoms with Crippen molar-refractivity contribution in [3.63, 3.8) is 0 Å². The summed E-state index contributed by atoms with van der Waals surface area (Å²) in [6, 6.07) is 26.9. The lowest BCUT2D eigenvalue weighted by molar-refractivity contribution is 0.0274. The summed E-state index contributed by atoms with van der Waals surface area (Å²) >= 11 is 0. The third-order valence-electron chi connectivity index (χ3n) is 9.12. The Kier molecular flexibility index (Phi) is 16.0. The zero-order valence-corrected chi connectivity index (χ0v) is 32.4. The van der Waals surface area contributed by atoms with Gasteiger partial charge in [-0.15, -0.1) is 10.2 Å². The fourth-order valence-electron chi connectivity index (χ4n) is 5.83. The zero-order valence-electron chi connectivity index (χ0n) is 32.4. The Morgan fingerprint density at radius 1 is 0.375 bits per heavy atom. The molecule has 1 fully saturated rings. The number of nitrogens with zero attached hydrogens (tertiary/aromatic N) is 4. The molecule has 298 valence electrons. The number of benzene rings is 4. The highest BCUT2D eigenvalue weighted by Crippen LogP contribution is 2.41. The van der Waals surface area contributed by atoms with E-state index in [-0.39, 0.29) is 0 Å². The van der Waals surface area contributed by atoms with Crippen molar-refractivity contribution in [2.24, 2.45) is 20.5 Å². The normalized spacial score (nSPS) is 18.3. The summed E-state index contributed by atoms with van der Waals surface area (Å²) in [5.74, 6) is 2.63. The van der Waals surface area contributed by atoms with Crippen molar-refractivity contribution in [1.82, 2.24) is 0 Å². The number of rotatable bonds is 0. The van der Waals surface area contributed by atoms with E-state index < -0.39 is 5.41 Å². The Balaban J connectivity index is 0.000000985. The third kappa shape index (κ3) is 12.8. The molecule has 0 amide bonds. The van der Waals surface area contributed by atoms with E-state index >= 15 is 0 Å². The molecule has 0 spiro atoms. The highest BCUT2D eigenvalue weighted by molar-refractivity contribution is 5.60. The van der Waals surface area contributed by atoms with E-state index in [2.05, 4.69) is 34.3 Å². The quantitative estimate of drug-likeness (QED) is 0.172. The molecule has 1 saturated heterocycles. The molecule has 4 aromatic rings. The second kappa shape index (κ2) is 22.0. The average molecular weight is 769 g/mol. The van der Waals surface area contributed by atoms with Crippen LogP contribution in [-0.4, -0.2) is 92.5 Å². The summed E-state index contributed by atoms with van der Waals surface area (Å²) in [7, 11) is 0. The van der Waals surface area contributed by atoms with E-state index in [1.165, 1.54) is 12.8 Å². The van der Waals surface area contributed by atoms with Gasteiger partial charge in [0.05, 0.1) is 64.2 Å². The van der Waals surface area contributed by atoms with Crippen LogP contribution in [0.15, 0.2) is 105 Å². The van der Waals surface area contributed by atoms with Gasteiger partial charge < -0.3 is 42.6 Å². The van der Waals surface area contributed by atoms with Crippen molar-refractivity contribution in [3.8, 4) is 23.0 Å². The number of ether oxygens (including phenoxy) is 9. The first kappa shape index (κ1) is 40.7. The number of hydrogen-bond donors (Lipinski definition) is 0. The third-order valence-corrected chi connectivity index (χ3v) is 9.12. The van der Waals surface area contributed by atoms with Crippen LogP contribution >= 0.6 is 0 Å². The lowest BCUT2D eigenvalue weighted by Gasteiger charge is -2.27. The molecule has 0 aromatic heterocycles. The topological polar surface area (TPSA) is 133 Å². The van der Waals surface area contributed by atoms with Gasteiger partial charge in [-0.05, 0) is 96.8 Å². The first-order valence-electron chi connectivity index (χ1n) is 19.3. The molecule has 0 N–H and O–H groups in total. The van der Waals surface area contributed by atoms with Crippen LogP contribution in [0.4, 0.5) is 22.7 Å². The fourth-order valence-corrected chi connectivity index (χ4v) is 5.83. The van der Waals surface area contributed by atoms with Crippen LogP contribution in [0.2, 0.25) is 0 Å². The summed E-state index contributed by atoms with van der Waals surface area (Å²) in [6.45, 7) is 11.2. The Bertz CT molecular complexity index is 1700. The van der Waals surface area contributed by atoms with Gasteiger partial charge in [-0.1, -0.05) is 26.0 Å². The van der Waals surface area contributed by atoms with Gasteiger partial charge in [0, 0.05) is 18.6 Å². The number of azo groups is 2. The Labute approximate surface area is 328 Å². The molecular formula is C43H52N4O9. The van der Waals surface area contributed by atoms with Crippen LogP contribution in [0.3, 0.4) is 0 Å². The lowest BCUT2D eigenvalue weighted by atomic mass is 9.78. The van der Waals surface area contributed by atoms with Crippen LogP contribution in [-0.2, 0) is 29.1 Å². The summed E-state index contributed by atoms with van der Waals surface area (Å²) in [5, 5.41) is 18.4. The molecule has 9 aliphatic rings. The molecule has 56 heavy (non-hydrogen) atoms. The summed E-state index contributed by atoms with van der Waals surface area (Å²) in [6.07, 6.45) is 2.56. The zero-order chi connectivity index (χ0) is 38.7. The van der Waals surface area contributed by atoms with Crippen LogP contribution in [0.25, 0.3) is 0 Å². The second-order valence-electron chi connectivity index (χ2n) is 13.5. The molecule has 13 heteroatoms. The van der Waals surface area contributed by atoms with E-state index in [1.807, 2.05) is 84.9 Å². The van der Waals surface area contributed by atoms with E-state index in [0.717, 1.165) is 35.8 Å². The van der Waals surface area contributed by atoms with Crippen molar-refractivity contribution in [3.05, 3.63) is 96.1 Å². The first-order chi connectivity index (χ1) is 27.5. The lowest BCUT2D eigenvalue weighted by Crippen LogP contribution is -2.19. The molecule has 13 nitrogen and oxygen atoms in total. The van der Waals surface area contributed by atoms with Crippen molar-refractivity contribution < 1.29 is 42.6 Å². The Morgan fingerprint density at radius 2 is 0.732 bits per heavy atom. The predicted octanol–water partition coefficient (Wildman–Crippen LogP) is 9.25. The smallest absolute Gasteiger partial charge is 0.146 e. The molecule has 9 aliphatic heterocycles. The number of hydrogen-bond acceptors (Lipinski definition) is 13. The van der Waals surface area contributed by atoms with Crippen molar-refractivity contribution in [2.75, 3.05) is 92.5 Å². The highest BCUT2D eigenvalue weighted by atomic mass is 16.6. The second-order valence-corrected chi connectivity index (χ2v) is 13.5. The summed E-state index contributed by atoms with van der Waals surface area (Å²) in [5.41, 5.74) is 4.07. The Morgan fingerprint density at radius 3 is 1.11 bits per heavy atom. The van der Waals surface area contributed by atoms with E-state index in [9.17, 15) is 0 Å². The average Bonchev–Trinajstić information content (AvgIpc) is 3.82. The van der Waals surface area contributed by atoms with Gasteiger partial charge >= 0.3 is 0 Å². The molecule has 13 rings (SSSR count). The fraction of sp³-hybridized carbons (Fsp3) is 0.442. The monoisotopic (exact) mass is 768 g/mol. The van der Waals surface area contributed by atoms with Crippen LogP contribution in [0.1, 0.15) is 37.8 Å². The predicted molar refractivity (Wildman–Crippen MR) is 212 cm³/mol. The summed E-state index contributed by atoms with van der Waals surface area (Å²) < 4.78 is 51.7. The van der Waals surface area contributed by atoms with Gasteiger partial charge in [-0.3, -0.25) is 0 Å². The molecule has 0 unspecified atom stereocenters. The minimum absolute atomic E-state index is 0.334. The van der Waals surface area contributed by atoms with E-state index in [1.54, 1.807) is 0 Å². The minimum Gasteiger partial charge on any atom is -0.491 e. The van der Waals surface area contributed by atoms with E-state index in [4.69, 9.17) is 42.6 Å². The van der Waals surface area contributed by atoms with Gasteiger partial charge in [0.25, 0.3) is 0 Å². The van der Waals surface area contributed by atoms with Crippen molar-refractivity contribution in [1.29, 1.82) is 0 Å². The van der Waals surface area contributed by atoms with E-state index in [0.29, 0.717) is 114 Å². The van der Waals surface area contributed by atoms with Crippen molar-refractivity contribution >= 4 is 22.7 Å². The molecular weight excluding hydrogens is 716 g/mol. The van der Waals surface area contributed by atoms with Crippen LogP contribution in [0, 0.1) is 0 Å². The van der Waals surface area contributed by atoms with Gasteiger partial charge in [0.2, 0.25) is 0 Å². The SMILES string of the molecule is C1CCOC1.CC1(C)c2ccc3c(c2)N=Nc2ccc(cc2)OCCOCCOCCOc2ccc1cc2N=Nc1ccc(cc1)OCCOCCOCCO3. The molecule has 10 bridgehead atoms. The van der Waals surface area contributed by atoms with Gasteiger partial charge in [0.15, 0.2) is 0 Å². The van der Waals surface area contributed by atoms with Crippen molar-refractivity contribution in [2.45, 2.75) is 32.1 Å². The molecule has 0 saturated carbocycles. The van der Waals surface area contributed by atoms with Gasteiger partial charge in [-0.25, -0.2) is 0 Å². The first-order valence-corrected chi connectivity index (χ1v) is 19.3. The van der Waals surface area contributed by atoms with Crippen LogP contribution in [0.5, 0.6) is 23.0 Å². The maximum absolute atomic E-state index is 6.15. The molecule has 0 atom stereocenters. The maximum atomic E-state index is 6.15. The van der Waals surface area contributed by atoms with Gasteiger partial charge in [0.1, 0.15) is 60.8 Å². The molecule has 0 aliphatic carbocycles. The van der Waals surface area contributed by atoms with Gasteiger partial charge in [-0.2, -0.15) is 10.2 Å². The Hall–Kier alpha value is -4.92. The molecule has 9 heterocycles. The molecule has 4 aromatic carbocycles. The summed E-state index contributed by atoms with van der Waals surface area (Å²) in [4.78, 5) is 0. The highest BCUT2D eigenvalue weighted by Gasteiger charge is 2.26. The minimum atomic E-state index is -0.475. The standard InChI is InChI=1S/C39H44N4O8.C4H8O/c1-39(2)29-3-13-37-35(27-29)42-40-31-5-9-33(10-6-31)48-24-20-45-16-18-47-22-26-51-38-14-4-30(39)28-36(38)43-41-32-7-11-34(12-8-32)49-23-19-44-15-17-46-21-25-50-37;1-2-4-5-3-1/h3-14,27-28H,15-26H2,1-2H3;1-4H2. The molecule has 0 radical (unpaired) electrons.